The Labute approximate surface area is 191 Å². The number of nitro benzene ring substituents is 1. The number of hydrogen-bond donors (Lipinski definition) is 1. The summed E-state index contributed by atoms with van der Waals surface area (Å²) in [6, 6.07) is 3.17. The second-order valence-corrected chi connectivity index (χ2v) is 10.1. The average Bonchev–Trinajstić information content (AvgIpc) is 2.75. The molecule has 9 nitrogen and oxygen atoms in total. The van der Waals surface area contributed by atoms with Crippen molar-refractivity contribution in [2.75, 3.05) is 7.11 Å². The Morgan fingerprint density at radius 3 is 2.30 bits per heavy atom. The fraction of sp³-hybridized carbons (Fsp3) is 0.542. The summed E-state index contributed by atoms with van der Waals surface area (Å²) in [4.78, 5) is 50.8. The Balaban J connectivity index is 1.47. The quantitative estimate of drug-likeness (QED) is 0.314. The molecule has 0 spiro atoms. The molecule has 0 unspecified atom stereocenters. The highest BCUT2D eigenvalue weighted by Crippen LogP contribution is 2.62. The number of nitro groups is 1. The van der Waals surface area contributed by atoms with Crippen molar-refractivity contribution in [3.05, 3.63) is 39.4 Å². The van der Waals surface area contributed by atoms with Crippen molar-refractivity contribution in [1.82, 2.24) is 10.2 Å². The van der Waals surface area contributed by atoms with Gasteiger partial charge in [0.15, 0.2) is 5.75 Å². The monoisotopic (exact) mass is 453 g/mol. The van der Waals surface area contributed by atoms with Crippen LogP contribution in [0.4, 0.5) is 10.5 Å². The van der Waals surface area contributed by atoms with E-state index in [-0.39, 0.29) is 28.5 Å². The van der Waals surface area contributed by atoms with Gasteiger partial charge in [0.05, 0.1) is 12.0 Å². The van der Waals surface area contributed by atoms with Gasteiger partial charge in [0, 0.05) is 12.1 Å². The van der Waals surface area contributed by atoms with Gasteiger partial charge < -0.3 is 4.74 Å². The largest absolute Gasteiger partial charge is 0.490 e. The van der Waals surface area contributed by atoms with Crippen molar-refractivity contribution in [1.29, 1.82) is 0 Å². The number of nitrogens with zero attached hydrogens (tertiary/aromatic N) is 2. The van der Waals surface area contributed by atoms with Crippen LogP contribution in [0.25, 0.3) is 6.08 Å². The van der Waals surface area contributed by atoms with Gasteiger partial charge in [-0.2, -0.15) is 0 Å². The van der Waals surface area contributed by atoms with Crippen LogP contribution in [-0.4, -0.2) is 40.8 Å². The molecule has 33 heavy (non-hydrogen) atoms. The van der Waals surface area contributed by atoms with Crippen LogP contribution in [0.5, 0.6) is 5.75 Å². The third-order valence-electron chi connectivity index (χ3n) is 8.20. The molecule has 1 aromatic carbocycles. The number of methoxy groups -OCH3 is 1. The maximum atomic E-state index is 13.4. The van der Waals surface area contributed by atoms with Gasteiger partial charge in [-0.05, 0) is 86.3 Å². The summed E-state index contributed by atoms with van der Waals surface area (Å²) < 4.78 is 5.01. The number of hydrogen-bond acceptors (Lipinski definition) is 6. The molecular weight excluding hydrogens is 426 g/mol. The third-order valence-corrected chi connectivity index (χ3v) is 8.20. The minimum atomic E-state index is -0.794. The van der Waals surface area contributed by atoms with Gasteiger partial charge in [-0.25, -0.2) is 4.79 Å². The first-order valence-corrected chi connectivity index (χ1v) is 11.4. The van der Waals surface area contributed by atoms with Gasteiger partial charge in [0.2, 0.25) is 0 Å². The van der Waals surface area contributed by atoms with Crippen molar-refractivity contribution in [2.45, 2.75) is 51.5 Å². The molecule has 4 amide bonds. The van der Waals surface area contributed by atoms with E-state index in [1.165, 1.54) is 55.5 Å². The van der Waals surface area contributed by atoms with Gasteiger partial charge in [-0.3, -0.25) is 29.9 Å². The first kappa shape index (κ1) is 21.6. The highest BCUT2D eigenvalue weighted by Gasteiger charge is 2.56. The Bertz CT molecular complexity index is 1060. The number of nitrogens with one attached hydrogen (secondary N) is 1. The summed E-state index contributed by atoms with van der Waals surface area (Å²) in [5.41, 5.74) is -0.277. The Morgan fingerprint density at radius 1 is 1.15 bits per heavy atom. The molecule has 6 rings (SSSR count). The molecule has 9 heteroatoms. The van der Waals surface area contributed by atoms with Gasteiger partial charge in [0.25, 0.3) is 11.8 Å². The van der Waals surface area contributed by atoms with Gasteiger partial charge >= 0.3 is 11.7 Å². The lowest BCUT2D eigenvalue weighted by molar-refractivity contribution is -0.385. The maximum absolute atomic E-state index is 13.4. The molecule has 4 bridgehead atoms. The van der Waals surface area contributed by atoms with Crippen molar-refractivity contribution < 1.29 is 24.0 Å². The minimum absolute atomic E-state index is 0.0776. The number of amides is 4. The predicted molar refractivity (Wildman–Crippen MR) is 118 cm³/mol. The fourth-order valence-corrected chi connectivity index (χ4v) is 7.09. The molecule has 4 saturated carbocycles. The minimum Gasteiger partial charge on any atom is -0.490 e. The van der Waals surface area contributed by atoms with E-state index in [4.69, 9.17) is 4.74 Å². The molecule has 1 N–H and O–H groups in total. The summed E-state index contributed by atoms with van der Waals surface area (Å²) in [6.45, 7) is 1.93. The van der Waals surface area contributed by atoms with E-state index in [0.29, 0.717) is 23.3 Å². The zero-order valence-electron chi connectivity index (χ0n) is 18.7. The summed E-state index contributed by atoms with van der Waals surface area (Å²) in [6.07, 6.45) is 8.05. The van der Waals surface area contributed by atoms with Crippen LogP contribution in [0.15, 0.2) is 23.8 Å². The van der Waals surface area contributed by atoms with E-state index >= 15 is 0 Å². The summed E-state index contributed by atoms with van der Waals surface area (Å²) >= 11 is 0. The smallest absolute Gasteiger partial charge is 0.331 e. The van der Waals surface area contributed by atoms with Crippen LogP contribution in [0, 0.1) is 33.3 Å². The van der Waals surface area contributed by atoms with Crippen LogP contribution >= 0.6 is 0 Å². The SMILES string of the molecule is COc1ccc(/C=C2\C(=O)NC(=O)N([C@H](C)C34CC5CC(CC(C5)C3)C4)C2=O)cc1[N+](=O)[O-]. The number of ether oxygens (including phenoxy) is 1. The molecule has 5 fully saturated rings. The van der Waals surface area contributed by atoms with Crippen LogP contribution in [0.3, 0.4) is 0 Å². The van der Waals surface area contributed by atoms with E-state index in [1.54, 1.807) is 0 Å². The summed E-state index contributed by atoms with van der Waals surface area (Å²) in [5.74, 6) is 0.589. The normalized spacial score (nSPS) is 32.8. The van der Waals surface area contributed by atoms with Crippen LogP contribution in [-0.2, 0) is 9.59 Å². The lowest BCUT2D eigenvalue weighted by Gasteiger charge is -2.60. The van der Waals surface area contributed by atoms with Gasteiger partial charge in [0.1, 0.15) is 5.57 Å². The van der Waals surface area contributed by atoms with E-state index in [0.717, 1.165) is 19.3 Å². The molecule has 0 aromatic heterocycles. The van der Waals surface area contributed by atoms with E-state index in [9.17, 15) is 24.5 Å². The molecule has 1 aromatic rings. The predicted octanol–water partition coefficient (Wildman–Crippen LogP) is 3.67. The number of carbonyl (C=O) groups excluding carboxylic acids is 3. The van der Waals surface area contributed by atoms with Crippen LogP contribution < -0.4 is 10.1 Å². The van der Waals surface area contributed by atoms with Crippen molar-refractivity contribution in [3.63, 3.8) is 0 Å². The highest BCUT2D eigenvalue weighted by molar-refractivity contribution is 6.31. The number of benzene rings is 1. The summed E-state index contributed by atoms with van der Waals surface area (Å²) in [5, 5.41) is 13.7. The Kier molecular flexibility index (Phi) is 5.02. The number of imide groups is 2. The standard InChI is InChI=1S/C24H27N3O6/c1-13(24-10-15-5-16(11-24)7-17(6-15)12-24)26-22(29)18(21(28)25-23(26)30)8-14-3-4-20(33-2)19(9-14)27(31)32/h3-4,8-9,13,15-17H,5-7,10-12H2,1-2H3,(H,25,28,30)/b18-8+/t13-,15?,16?,17?,24?/m1/s1. The van der Waals surface area contributed by atoms with E-state index < -0.39 is 22.8 Å². The molecule has 0 radical (unpaired) electrons. The van der Waals surface area contributed by atoms with Crippen molar-refractivity contribution in [2.24, 2.45) is 23.2 Å². The number of urea groups is 1. The molecule has 5 aliphatic rings. The molecule has 1 atom stereocenters. The Hall–Kier alpha value is -3.23. The molecular formula is C24H27N3O6. The van der Waals surface area contributed by atoms with Crippen molar-refractivity contribution in [3.8, 4) is 5.75 Å². The highest BCUT2D eigenvalue weighted by atomic mass is 16.6. The van der Waals surface area contributed by atoms with Gasteiger partial charge in [-0.15, -0.1) is 0 Å². The zero-order chi connectivity index (χ0) is 23.5. The average molecular weight is 453 g/mol. The first-order chi connectivity index (χ1) is 15.7. The van der Waals surface area contributed by atoms with Gasteiger partial charge in [-0.1, -0.05) is 6.07 Å². The number of barbiturate groups is 1. The second kappa shape index (κ2) is 7.67. The lowest BCUT2D eigenvalue weighted by Crippen LogP contribution is -2.63. The molecule has 1 heterocycles. The Morgan fingerprint density at radius 2 is 1.76 bits per heavy atom. The van der Waals surface area contributed by atoms with Crippen LogP contribution in [0.1, 0.15) is 51.0 Å². The molecule has 1 aliphatic heterocycles. The lowest BCUT2D eigenvalue weighted by atomic mass is 9.47. The van der Waals surface area contributed by atoms with E-state index in [1.807, 2.05) is 6.92 Å². The molecule has 4 aliphatic carbocycles. The topological polar surface area (TPSA) is 119 Å². The first-order valence-electron chi connectivity index (χ1n) is 11.4. The maximum Gasteiger partial charge on any atom is 0.331 e. The summed E-state index contributed by atoms with van der Waals surface area (Å²) in [7, 11) is 1.33. The second-order valence-electron chi connectivity index (χ2n) is 10.1. The van der Waals surface area contributed by atoms with Crippen molar-refractivity contribution >= 4 is 29.6 Å². The zero-order valence-corrected chi connectivity index (χ0v) is 18.7. The molecule has 174 valence electrons. The third kappa shape index (κ3) is 3.50. The molecule has 1 saturated heterocycles. The number of rotatable bonds is 5. The van der Waals surface area contributed by atoms with Crippen LogP contribution in [0.2, 0.25) is 0 Å². The fourth-order valence-electron chi connectivity index (χ4n) is 7.09. The van der Waals surface area contributed by atoms with E-state index in [2.05, 4.69) is 5.32 Å². The number of carbonyl (C=O) groups is 3.